The van der Waals surface area contributed by atoms with E-state index < -0.39 is 21.6 Å². The third-order valence-electron chi connectivity index (χ3n) is 3.53. The van der Waals surface area contributed by atoms with Crippen molar-refractivity contribution in [2.24, 2.45) is 7.05 Å². The fourth-order valence-electron chi connectivity index (χ4n) is 2.07. The summed E-state index contributed by atoms with van der Waals surface area (Å²) in [5.41, 5.74) is -0.380. The van der Waals surface area contributed by atoms with Crippen LogP contribution in [0, 0.1) is 6.92 Å². The first kappa shape index (κ1) is 16.5. The number of carboxylic acid groups (broad SMARTS) is 1. The molecule has 0 bridgehead atoms. The zero-order chi connectivity index (χ0) is 16.7. The lowest BCUT2D eigenvalue weighted by Gasteiger charge is -2.19. The second kappa shape index (κ2) is 5.38. The molecule has 0 unspecified atom stereocenters. The summed E-state index contributed by atoms with van der Waals surface area (Å²) in [5.74, 6) is -1.27. The number of fused-ring (bicyclic) bond motifs is 1. The molecule has 7 nitrogen and oxygen atoms in total. The number of benzene rings is 1. The number of carboxylic acids is 1. The van der Waals surface area contributed by atoms with Crippen LogP contribution in [-0.4, -0.2) is 29.7 Å². The summed E-state index contributed by atoms with van der Waals surface area (Å²) in [6.45, 7) is 4.19. The van der Waals surface area contributed by atoms with Crippen molar-refractivity contribution >= 4 is 26.9 Å². The maximum absolute atomic E-state index is 12.5. The van der Waals surface area contributed by atoms with Crippen LogP contribution in [0.2, 0.25) is 0 Å². The van der Waals surface area contributed by atoms with E-state index >= 15 is 0 Å². The molecule has 0 amide bonds. The zero-order valence-corrected chi connectivity index (χ0v) is 13.6. The Bertz CT molecular complexity index is 836. The quantitative estimate of drug-likeness (QED) is 0.813. The van der Waals surface area contributed by atoms with Gasteiger partial charge in [0.05, 0.1) is 0 Å². The number of nitrogens with one attached hydrogen (secondary N) is 1. The Morgan fingerprint density at radius 1 is 1.32 bits per heavy atom. The Morgan fingerprint density at radius 3 is 2.50 bits per heavy atom. The number of hydrogen-bond acceptors (Lipinski definition) is 4. The number of para-hydroxylation sites is 1. The van der Waals surface area contributed by atoms with Crippen molar-refractivity contribution in [2.75, 3.05) is 0 Å². The standard InChI is InChI=1S/C14H18N2O5S/c1-9-12(10-7-5-6-8-11(10)16(9)4)22(19,20)15-21-14(2,3)13(17)18/h5-8,15H,1-4H3,(H,17,18). The molecule has 2 rings (SSSR count). The molecule has 0 saturated heterocycles. The number of nitrogens with zero attached hydrogens (tertiary/aromatic N) is 1. The number of carbonyl (C=O) groups is 1. The van der Waals surface area contributed by atoms with Gasteiger partial charge < -0.3 is 9.67 Å². The Balaban J connectivity index is 2.47. The molecule has 1 heterocycles. The first-order valence-corrected chi connectivity index (χ1v) is 8.03. The van der Waals surface area contributed by atoms with Gasteiger partial charge in [0.1, 0.15) is 4.90 Å². The summed E-state index contributed by atoms with van der Waals surface area (Å²) in [6, 6.07) is 7.06. The average Bonchev–Trinajstić information content (AvgIpc) is 2.70. The lowest BCUT2D eigenvalue weighted by molar-refractivity contribution is -0.165. The van der Waals surface area contributed by atoms with Gasteiger partial charge in [0, 0.05) is 23.6 Å². The van der Waals surface area contributed by atoms with Crippen LogP contribution in [0.15, 0.2) is 29.2 Å². The first-order chi connectivity index (χ1) is 10.1. The predicted molar refractivity (Wildman–Crippen MR) is 80.8 cm³/mol. The highest BCUT2D eigenvalue weighted by molar-refractivity contribution is 7.89. The van der Waals surface area contributed by atoms with Crippen molar-refractivity contribution in [2.45, 2.75) is 31.3 Å². The van der Waals surface area contributed by atoms with Gasteiger partial charge in [-0.1, -0.05) is 23.1 Å². The van der Waals surface area contributed by atoms with E-state index in [1.54, 1.807) is 30.7 Å². The summed E-state index contributed by atoms with van der Waals surface area (Å²) in [4.78, 5) is 17.9. The highest BCUT2D eigenvalue weighted by atomic mass is 32.2. The maximum Gasteiger partial charge on any atom is 0.337 e. The van der Waals surface area contributed by atoms with Crippen LogP contribution in [0.4, 0.5) is 0 Å². The van der Waals surface area contributed by atoms with E-state index in [0.717, 1.165) is 5.52 Å². The van der Waals surface area contributed by atoms with Gasteiger partial charge in [-0.3, -0.25) is 4.84 Å². The second-order valence-corrected chi connectivity index (χ2v) is 7.08. The van der Waals surface area contributed by atoms with Crippen LogP contribution in [0.25, 0.3) is 10.9 Å². The lowest BCUT2D eigenvalue weighted by atomic mass is 10.1. The number of hydrogen-bond donors (Lipinski definition) is 2. The molecule has 0 fully saturated rings. The molecule has 1 aromatic carbocycles. The normalized spacial score (nSPS) is 12.7. The molecular formula is C14H18N2O5S. The molecule has 0 spiro atoms. The van der Waals surface area contributed by atoms with Crippen molar-refractivity contribution in [3.63, 3.8) is 0 Å². The van der Waals surface area contributed by atoms with Gasteiger partial charge in [-0.2, -0.15) is 0 Å². The molecule has 0 atom stereocenters. The summed E-state index contributed by atoms with van der Waals surface area (Å²) in [5, 5.41) is 9.52. The molecule has 22 heavy (non-hydrogen) atoms. The van der Waals surface area contributed by atoms with Gasteiger partial charge in [-0.05, 0) is 26.8 Å². The molecule has 0 saturated carbocycles. The number of sulfonamides is 1. The second-order valence-electron chi connectivity index (χ2n) is 5.49. The van der Waals surface area contributed by atoms with E-state index in [-0.39, 0.29) is 4.90 Å². The molecule has 0 aliphatic heterocycles. The van der Waals surface area contributed by atoms with Gasteiger partial charge in [0.15, 0.2) is 5.60 Å². The lowest BCUT2D eigenvalue weighted by Crippen LogP contribution is -2.42. The molecular weight excluding hydrogens is 308 g/mol. The summed E-state index contributed by atoms with van der Waals surface area (Å²) in [7, 11) is -2.26. The van der Waals surface area contributed by atoms with Crippen molar-refractivity contribution in [3.05, 3.63) is 30.0 Å². The monoisotopic (exact) mass is 326 g/mol. The maximum atomic E-state index is 12.5. The highest BCUT2D eigenvalue weighted by Gasteiger charge is 2.32. The van der Waals surface area contributed by atoms with E-state index in [2.05, 4.69) is 0 Å². The number of aromatic nitrogens is 1. The van der Waals surface area contributed by atoms with Crippen molar-refractivity contribution in [3.8, 4) is 0 Å². The van der Waals surface area contributed by atoms with E-state index in [4.69, 9.17) is 9.94 Å². The van der Waals surface area contributed by atoms with Crippen LogP contribution in [-0.2, 0) is 26.7 Å². The van der Waals surface area contributed by atoms with Crippen LogP contribution in [0.1, 0.15) is 19.5 Å². The topological polar surface area (TPSA) is 97.6 Å². The molecule has 2 N–H and O–H groups in total. The highest BCUT2D eigenvalue weighted by Crippen LogP contribution is 2.28. The molecule has 0 radical (unpaired) electrons. The van der Waals surface area contributed by atoms with Gasteiger partial charge in [-0.15, -0.1) is 0 Å². The van der Waals surface area contributed by atoms with Crippen molar-refractivity contribution in [1.82, 2.24) is 9.45 Å². The average molecular weight is 326 g/mol. The fourth-order valence-corrected chi connectivity index (χ4v) is 3.46. The van der Waals surface area contributed by atoms with Gasteiger partial charge in [0.2, 0.25) is 0 Å². The summed E-state index contributed by atoms with van der Waals surface area (Å²) >= 11 is 0. The van der Waals surface area contributed by atoms with Crippen LogP contribution >= 0.6 is 0 Å². The van der Waals surface area contributed by atoms with E-state index in [1.807, 2.05) is 17.0 Å². The van der Waals surface area contributed by atoms with Crippen LogP contribution < -0.4 is 4.89 Å². The first-order valence-electron chi connectivity index (χ1n) is 6.55. The molecule has 0 aliphatic carbocycles. The van der Waals surface area contributed by atoms with Gasteiger partial charge in [-0.25, -0.2) is 13.2 Å². The minimum absolute atomic E-state index is 0.0757. The third-order valence-corrected chi connectivity index (χ3v) is 4.89. The minimum Gasteiger partial charge on any atom is -0.479 e. The van der Waals surface area contributed by atoms with Crippen molar-refractivity contribution < 1.29 is 23.2 Å². The van der Waals surface area contributed by atoms with Gasteiger partial charge >= 0.3 is 5.97 Å². The van der Waals surface area contributed by atoms with Gasteiger partial charge in [0.25, 0.3) is 10.0 Å². The Kier molecular flexibility index (Phi) is 4.03. The Hall–Kier alpha value is -1.90. The smallest absolute Gasteiger partial charge is 0.337 e. The summed E-state index contributed by atoms with van der Waals surface area (Å²) in [6.07, 6.45) is 0. The van der Waals surface area contributed by atoms with E-state index in [0.29, 0.717) is 11.1 Å². The molecule has 2 aromatic rings. The molecule has 8 heteroatoms. The minimum atomic E-state index is -4.02. The molecule has 1 aromatic heterocycles. The van der Waals surface area contributed by atoms with Crippen LogP contribution in [0.5, 0.6) is 0 Å². The zero-order valence-electron chi connectivity index (χ0n) is 12.7. The Morgan fingerprint density at radius 2 is 1.91 bits per heavy atom. The third kappa shape index (κ3) is 2.72. The number of rotatable bonds is 5. The SMILES string of the molecule is Cc1c(S(=O)(=O)NOC(C)(C)C(=O)O)c2ccccc2n1C. The number of aliphatic carboxylic acids is 1. The Labute approximate surface area is 128 Å². The largest absolute Gasteiger partial charge is 0.479 e. The molecule has 120 valence electrons. The number of aryl methyl sites for hydroxylation is 1. The summed E-state index contributed by atoms with van der Waals surface area (Å²) < 4.78 is 26.8. The molecule has 0 aliphatic rings. The predicted octanol–water partition coefficient (Wildman–Crippen LogP) is 1.56. The van der Waals surface area contributed by atoms with Crippen molar-refractivity contribution in [1.29, 1.82) is 0 Å². The van der Waals surface area contributed by atoms with E-state index in [1.165, 1.54) is 13.8 Å². The van der Waals surface area contributed by atoms with Crippen LogP contribution in [0.3, 0.4) is 0 Å². The van der Waals surface area contributed by atoms with E-state index in [9.17, 15) is 13.2 Å². The fraction of sp³-hybridized carbons (Fsp3) is 0.357.